The van der Waals surface area contributed by atoms with Crippen LogP contribution in [-0.2, 0) is 4.79 Å². The zero-order valence-corrected chi connectivity index (χ0v) is 16.5. The van der Waals surface area contributed by atoms with Crippen LogP contribution in [-0.4, -0.2) is 38.5 Å². The van der Waals surface area contributed by atoms with E-state index in [9.17, 15) is 9.18 Å². The third kappa shape index (κ3) is 4.11. The van der Waals surface area contributed by atoms with Gasteiger partial charge in [-0.25, -0.2) is 19.3 Å². The van der Waals surface area contributed by atoms with Gasteiger partial charge in [-0.3, -0.25) is 9.36 Å². The van der Waals surface area contributed by atoms with Crippen LogP contribution in [0.3, 0.4) is 0 Å². The molecule has 1 N–H and O–H groups in total. The largest absolute Gasteiger partial charge is 0.356 e. The number of piperidine rings is 1. The van der Waals surface area contributed by atoms with Crippen LogP contribution in [0, 0.1) is 25.6 Å². The fourth-order valence-corrected chi connectivity index (χ4v) is 3.55. The van der Waals surface area contributed by atoms with Crippen LogP contribution >= 0.6 is 0 Å². The minimum atomic E-state index is -0.315. The number of carbonyl (C=O) groups excluding carboxylic acids is 1. The van der Waals surface area contributed by atoms with Crippen molar-refractivity contribution in [1.29, 1.82) is 0 Å². The number of rotatable bonds is 4. The lowest BCUT2D eigenvalue weighted by Gasteiger charge is -2.32. The monoisotopic (exact) mass is 394 g/mol. The Bertz CT molecular complexity index is 1030. The number of nitrogens with zero attached hydrogens (tertiary/aromatic N) is 5. The van der Waals surface area contributed by atoms with Crippen LogP contribution < -0.4 is 10.2 Å². The van der Waals surface area contributed by atoms with Gasteiger partial charge in [0.2, 0.25) is 5.91 Å². The van der Waals surface area contributed by atoms with E-state index in [0.29, 0.717) is 24.1 Å². The van der Waals surface area contributed by atoms with E-state index in [1.54, 1.807) is 31.6 Å². The number of aryl methyl sites for hydroxylation is 2. The fourth-order valence-electron chi connectivity index (χ4n) is 3.55. The number of halogens is 1. The fraction of sp³-hybridized carbons (Fsp3) is 0.333. The molecular formula is C21H23FN6O. The molecule has 3 heterocycles. The van der Waals surface area contributed by atoms with E-state index in [2.05, 4.69) is 25.2 Å². The van der Waals surface area contributed by atoms with Gasteiger partial charge in [-0.15, -0.1) is 0 Å². The lowest BCUT2D eigenvalue weighted by Crippen LogP contribution is -2.38. The van der Waals surface area contributed by atoms with Gasteiger partial charge in [0.15, 0.2) is 0 Å². The molecule has 3 aromatic rings. The summed E-state index contributed by atoms with van der Waals surface area (Å²) in [5.74, 6) is 1.98. The zero-order valence-electron chi connectivity index (χ0n) is 16.5. The molecule has 0 atom stereocenters. The summed E-state index contributed by atoms with van der Waals surface area (Å²) in [6.07, 6.45) is 6.58. The quantitative estimate of drug-likeness (QED) is 0.735. The Balaban J connectivity index is 1.38. The minimum Gasteiger partial charge on any atom is -0.356 e. The van der Waals surface area contributed by atoms with E-state index in [1.165, 1.54) is 6.07 Å². The molecule has 7 nitrogen and oxygen atoms in total. The van der Waals surface area contributed by atoms with Crippen LogP contribution in [0.15, 0.2) is 43.0 Å². The number of imidazole rings is 1. The molecule has 1 fully saturated rings. The number of aromatic nitrogens is 4. The lowest BCUT2D eigenvalue weighted by atomic mass is 9.95. The van der Waals surface area contributed by atoms with Crippen LogP contribution in [0.5, 0.6) is 0 Å². The predicted octanol–water partition coefficient (Wildman–Crippen LogP) is 3.27. The molecule has 1 saturated heterocycles. The number of amides is 1. The Morgan fingerprint density at radius 3 is 2.55 bits per heavy atom. The third-order valence-corrected chi connectivity index (χ3v) is 5.34. The minimum absolute atomic E-state index is 0.0645. The maximum atomic E-state index is 13.7. The molecule has 4 rings (SSSR count). The van der Waals surface area contributed by atoms with Crippen LogP contribution in [0.4, 0.5) is 15.9 Å². The van der Waals surface area contributed by atoms with Gasteiger partial charge in [-0.1, -0.05) is 6.07 Å². The standard InChI is InChI=1S/C21H23FN6O/c1-14-3-4-17(11-18(14)22)26-21(29)16-5-8-27(9-6-16)19-12-20(25-13-24-19)28-10-7-23-15(28)2/h3-4,7,10-13,16H,5-6,8-9H2,1-2H3,(H,26,29). The Morgan fingerprint density at radius 1 is 1.10 bits per heavy atom. The van der Waals surface area contributed by atoms with Crippen molar-refractivity contribution >= 4 is 17.4 Å². The highest BCUT2D eigenvalue weighted by atomic mass is 19.1. The topological polar surface area (TPSA) is 75.9 Å². The zero-order chi connectivity index (χ0) is 20.4. The number of nitrogens with one attached hydrogen (secondary N) is 1. The molecular weight excluding hydrogens is 371 g/mol. The molecule has 1 aliphatic heterocycles. The van der Waals surface area contributed by atoms with Gasteiger partial charge >= 0.3 is 0 Å². The molecule has 8 heteroatoms. The first kappa shape index (κ1) is 19.0. The van der Waals surface area contributed by atoms with E-state index in [1.807, 2.05) is 23.8 Å². The SMILES string of the molecule is Cc1ccc(NC(=O)C2CCN(c3cc(-n4ccnc4C)ncn3)CC2)cc1F. The number of benzene rings is 1. The van der Waals surface area contributed by atoms with E-state index in [4.69, 9.17) is 0 Å². The second-order valence-electron chi connectivity index (χ2n) is 7.29. The number of hydrogen-bond donors (Lipinski definition) is 1. The molecule has 0 saturated carbocycles. The van der Waals surface area contributed by atoms with E-state index in [-0.39, 0.29) is 17.6 Å². The first-order valence-corrected chi connectivity index (χ1v) is 9.65. The molecule has 150 valence electrons. The smallest absolute Gasteiger partial charge is 0.227 e. The molecule has 1 aromatic carbocycles. The second kappa shape index (κ2) is 7.98. The average Bonchev–Trinajstić information content (AvgIpc) is 3.17. The van der Waals surface area contributed by atoms with Crippen LogP contribution in [0.1, 0.15) is 24.2 Å². The molecule has 0 aliphatic carbocycles. The van der Waals surface area contributed by atoms with Gasteiger partial charge in [-0.05, 0) is 44.4 Å². The van der Waals surface area contributed by atoms with Gasteiger partial charge in [0.1, 0.15) is 29.6 Å². The summed E-state index contributed by atoms with van der Waals surface area (Å²) in [7, 11) is 0. The van der Waals surface area contributed by atoms with Crippen molar-refractivity contribution in [3.05, 3.63) is 60.2 Å². The molecule has 0 bridgehead atoms. The number of carbonyl (C=O) groups is 1. The third-order valence-electron chi connectivity index (χ3n) is 5.34. The molecule has 29 heavy (non-hydrogen) atoms. The van der Waals surface area contributed by atoms with Gasteiger partial charge < -0.3 is 10.2 Å². The van der Waals surface area contributed by atoms with E-state index >= 15 is 0 Å². The molecule has 1 aliphatic rings. The van der Waals surface area contributed by atoms with Crippen LogP contribution in [0.2, 0.25) is 0 Å². The first-order valence-electron chi connectivity index (χ1n) is 9.65. The Labute approximate surface area is 168 Å². The van der Waals surface area contributed by atoms with Crippen molar-refractivity contribution in [2.24, 2.45) is 5.92 Å². The highest BCUT2D eigenvalue weighted by Crippen LogP contribution is 2.24. The summed E-state index contributed by atoms with van der Waals surface area (Å²) in [4.78, 5) is 27.7. The van der Waals surface area contributed by atoms with Crippen molar-refractivity contribution in [3.8, 4) is 5.82 Å². The van der Waals surface area contributed by atoms with Crippen molar-refractivity contribution in [2.75, 3.05) is 23.3 Å². The Kier molecular flexibility index (Phi) is 5.24. The van der Waals surface area contributed by atoms with E-state index < -0.39 is 0 Å². The summed E-state index contributed by atoms with van der Waals surface area (Å²) >= 11 is 0. The average molecular weight is 394 g/mol. The Morgan fingerprint density at radius 2 is 1.86 bits per heavy atom. The number of hydrogen-bond acceptors (Lipinski definition) is 5. The van der Waals surface area contributed by atoms with Crippen molar-refractivity contribution in [3.63, 3.8) is 0 Å². The predicted molar refractivity (Wildman–Crippen MR) is 109 cm³/mol. The highest BCUT2D eigenvalue weighted by molar-refractivity contribution is 5.92. The molecule has 0 radical (unpaired) electrons. The summed E-state index contributed by atoms with van der Waals surface area (Å²) < 4.78 is 15.6. The molecule has 1 amide bonds. The summed E-state index contributed by atoms with van der Waals surface area (Å²) in [5, 5.41) is 2.83. The molecule has 2 aromatic heterocycles. The van der Waals surface area contributed by atoms with Gasteiger partial charge in [0, 0.05) is 43.2 Å². The Hall–Kier alpha value is -3.29. The van der Waals surface area contributed by atoms with Gasteiger partial charge in [-0.2, -0.15) is 0 Å². The summed E-state index contributed by atoms with van der Waals surface area (Å²) in [5.41, 5.74) is 1.06. The summed E-state index contributed by atoms with van der Waals surface area (Å²) in [6, 6.07) is 6.70. The summed E-state index contributed by atoms with van der Waals surface area (Å²) in [6.45, 7) is 5.06. The molecule has 0 unspecified atom stereocenters. The van der Waals surface area contributed by atoms with E-state index in [0.717, 1.165) is 30.5 Å². The van der Waals surface area contributed by atoms with Crippen molar-refractivity contribution < 1.29 is 9.18 Å². The van der Waals surface area contributed by atoms with Gasteiger partial charge in [0.25, 0.3) is 0 Å². The number of anilines is 2. The van der Waals surface area contributed by atoms with Crippen molar-refractivity contribution in [2.45, 2.75) is 26.7 Å². The maximum Gasteiger partial charge on any atom is 0.227 e. The first-order chi connectivity index (χ1) is 14.0. The lowest BCUT2D eigenvalue weighted by molar-refractivity contribution is -0.120. The highest BCUT2D eigenvalue weighted by Gasteiger charge is 2.26. The van der Waals surface area contributed by atoms with Crippen LogP contribution in [0.25, 0.3) is 5.82 Å². The second-order valence-corrected chi connectivity index (χ2v) is 7.29. The molecule has 0 spiro atoms. The maximum absolute atomic E-state index is 13.7. The van der Waals surface area contributed by atoms with Crippen molar-refractivity contribution in [1.82, 2.24) is 19.5 Å². The van der Waals surface area contributed by atoms with Gasteiger partial charge in [0.05, 0.1) is 0 Å². The normalized spacial score (nSPS) is 14.8.